The van der Waals surface area contributed by atoms with Crippen LogP contribution in [0.1, 0.15) is 42.1 Å². The van der Waals surface area contributed by atoms with E-state index in [9.17, 15) is 0 Å². The van der Waals surface area contributed by atoms with Gasteiger partial charge in [-0.1, -0.05) is 11.6 Å². The molecule has 0 saturated carbocycles. The molecule has 132 valence electrons. The second kappa shape index (κ2) is 6.10. The van der Waals surface area contributed by atoms with Crippen molar-refractivity contribution in [2.75, 3.05) is 6.54 Å². The van der Waals surface area contributed by atoms with Crippen LogP contribution in [0.2, 0.25) is 0 Å². The summed E-state index contributed by atoms with van der Waals surface area (Å²) in [5, 5.41) is 1.45. The molecule has 0 spiro atoms. The van der Waals surface area contributed by atoms with Gasteiger partial charge in [0, 0.05) is 42.3 Å². The number of rotatable bonds is 2. The first-order chi connectivity index (χ1) is 12.7. The van der Waals surface area contributed by atoms with E-state index in [0.29, 0.717) is 0 Å². The van der Waals surface area contributed by atoms with E-state index in [0.717, 1.165) is 12.6 Å². The van der Waals surface area contributed by atoms with Crippen molar-refractivity contribution in [1.82, 2.24) is 14.5 Å². The van der Waals surface area contributed by atoms with Crippen LogP contribution in [0.25, 0.3) is 22.7 Å². The lowest BCUT2D eigenvalue weighted by Crippen LogP contribution is -2.35. The van der Waals surface area contributed by atoms with Crippen LogP contribution in [0.3, 0.4) is 0 Å². The van der Waals surface area contributed by atoms with Gasteiger partial charge in [0.15, 0.2) is 0 Å². The number of aryl methyl sites for hydroxylation is 1. The number of benzene rings is 1. The van der Waals surface area contributed by atoms with E-state index in [1.54, 1.807) is 5.56 Å². The average Bonchev–Trinajstić information content (AvgIpc) is 3.23. The average molecular weight is 343 g/mol. The van der Waals surface area contributed by atoms with E-state index in [-0.39, 0.29) is 0 Å². The van der Waals surface area contributed by atoms with Gasteiger partial charge in [-0.15, -0.1) is 0 Å². The van der Waals surface area contributed by atoms with E-state index < -0.39 is 0 Å². The van der Waals surface area contributed by atoms with Gasteiger partial charge < -0.3 is 4.57 Å². The smallest absolute Gasteiger partial charge is 0.0529 e. The molecule has 1 atom stereocenters. The molecule has 26 heavy (non-hydrogen) atoms. The Bertz CT molecular complexity index is 997. The molecule has 3 aromatic rings. The number of allylic oxidation sites excluding steroid dienone is 1. The van der Waals surface area contributed by atoms with Gasteiger partial charge in [0.2, 0.25) is 0 Å². The zero-order valence-electron chi connectivity index (χ0n) is 15.6. The fourth-order valence-corrected chi connectivity index (χ4v) is 4.74. The lowest BCUT2D eigenvalue weighted by atomic mass is 9.96. The van der Waals surface area contributed by atoms with Crippen LogP contribution in [0.5, 0.6) is 0 Å². The van der Waals surface area contributed by atoms with Gasteiger partial charge in [0.05, 0.1) is 5.52 Å². The zero-order valence-corrected chi connectivity index (χ0v) is 15.6. The molecule has 0 N–H and O–H groups in total. The standard InChI is InChI=1S/C23H25N3/c1-16-5-6-22-20(12-16)21-13-19-4-3-11-25(19)15-23(21)26(22)14-17(2)18-7-9-24-10-8-18/h5-10,12,14,19H,3-4,11,13,15H2,1-2H3. The molecule has 1 aromatic carbocycles. The minimum atomic E-state index is 0.743. The first kappa shape index (κ1) is 15.8. The number of pyridine rings is 1. The molecule has 0 aliphatic carbocycles. The monoisotopic (exact) mass is 343 g/mol. The molecule has 0 bridgehead atoms. The number of nitrogens with zero attached hydrogens (tertiary/aromatic N) is 3. The summed E-state index contributed by atoms with van der Waals surface area (Å²) >= 11 is 0. The Morgan fingerprint density at radius 3 is 2.88 bits per heavy atom. The van der Waals surface area contributed by atoms with Crippen molar-refractivity contribution in [3.8, 4) is 0 Å². The summed E-state index contributed by atoms with van der Waals surface area (Å²) in [6.07, 6.45) is 9.95. The summed E-state index contributed by atoms with van der Waals surface area (Å²) in [6, 6.07) is 11.8. The van der Waals surface area contributed by atoms with E-state index in [2.05, 4.69) is 64.8 Å². The van der Waals surface area contributed by atoms with Crippen molar-refractivity contribution in [3.05, 3.63) is 65.1 Å². The Hall–Kier alpha value is -2.39. The van der Waals surface area contributed by atoms with Crippen molar-refractivity contribution >= 4 is 22.7 Å². The maximum absolute atomic E-state index is 4.15. The molecule has 5 rings (SSSR count). The van der Waals surface area contributed by atoms with Gasteiger partial charge >= 0.3 is 0 Å². The molecule has 3 nitrogen and oxygen atoms in total. The molecule has 1 saturated heterocycles. The van der Waals surface area contributed by atoms with Crippen LogP contribution >= 0.6 is 0 Å². The van der Waals surface area contributed by atoms with Crippen LogP contribution < -0.4 is 0 Å². The van der Waals surface area contributed by atoms with Crippen molar-refractivity contribution in [2.24, 2.45) is 0 Å². The van der Waals surface area contributed by atoms with Crippen molar-refractivity contribution < 1.29 is 0 Å². The molecular weight excluding hydrogens is 318 g/mol. The Kier molecular flexibility index (Phi) is 3.71. The molecule has 1 unspecified atom stereocenters. The van der Waals surface area contributed by atoms with Crippen LogP contribution in [-0.4, -0.2) is 27.0 Å². The lowest BCUT2D eigenvalue weighted by Gasteiger charge is -2.30. The van der Waals surface area contributed by atoms with Gasteiger partial charge in [-0.25, -0.2) is 0 Å². The molecule has 2 aliphatic heterocycles. The molecule has 3 heteroatoms. The van der Waals surface area contributed by atoms with Gasteiger partial charge in [0.25, 0.3) is 0 Å². The topological polar surface area (TPSA) is 21.1 Å². The molecule has 0 amide bonds. The fourth-order valence-electron chi connectivity index (χ4n) is 4.74. The van der Waals surface area contributed by atoms with Gasteiger partial charge in [-0.3, -0.25) is 9.88 Å². The van der Waals surface area contributed by atoms with Crippen molar-refractivity contribution in [1.29, 1.82) is 0 Å². The maximum atomic E-state index is 4.15. The molecular formula is C23H25N3. The van der Waals surface area contributed by atoms with Crippen LogP contribution in [0.15, 0.2) is 42.7 Å². The highest BCUT2D eigenvalue weighted by atomic mass is 15.2. The largest absolute Gasteiger partial charge is 0.318 e. The molecule has 1 fully saturated rings. The quantitative estimate of drug-likeness (QED) is 0.661. The first-order valence-corrected chi connectivity index (χ1v) is 9.66. The summed E-state index contributed by atoms with van der Waals surface area (Å²) in [5.41, 5.74) is 8.26. The maximum Gasteiger partial charge on any atom is 0.0529 e. The number of aromatic nitrogens is 2. The molecule has 0 radical (unpaired) electrons. The Morgan fingerprint density at radius 1 is 1.19 bits per heavy atom. The molecule has 2 aliphatic rings. The van der Waals surface area contributed by atoms with Crippen LogP contribution in [0.4, 0.5) is 0 Å². The Morgan fingerprint density at radius 2 is 2.04 bits per heavy atom. The molecule has 2 aromatic heterocycles. The summed E-state index contributed by atoms with van der Waals surface area (Å²) in [4.78, 5) is 6.83. The summed E-state index contributed by atoms with van der Waals surface area (Å²) in [5.74, 6) is 0. The second-order valence-corrected chi connectivity index (χ2v) is 7.83. The highest BCUT2D eigenvalue weighted by Gasteiger charge is 2.33. The van der Waals surface area contributed by atoms with Crippen molar-refractivity contribution in [2.45, 2.75) is 45.7 Å². The van der Waals surface area contributed by atoms with E-state index in [1.165, 1.54) is 59.1 Å². The lowest BCUT2D eigenvalue weighted by molar-refractivity contribution is 0.224. The van der Waals surface area contributed by atoms with E-state index in [1.807, 2.05) is 12.4 Å². The number of hydrogen-bond donors (Lipinski definition) is 0. The summed E-state index contributed by atoms with van der Waals surface area (Å²) < 4.78 is 2.45. The summed E-state index contributed by atoms with van der Waals surface area (Å²) in [6.45, 7) is 6.72. The normalized spacial score (nSPS) is 20.4. The van der Waals surface area contributed by atoms with E-state index in [4.69, 9.17) is 0 Å². The fraction of sp³-hybridized carbons (Fsp3) is 0.348. The Labute approximate surface area is 155 Å². The van der Waals surface area contributed by atoms with Gasteiger partial charge in [-0.2, -0.15) is 0 Å². The predicted molar refractivity (Wildman–Crippen MR) is 108 cm³/mol. The third kappa shape index (κ3) is 2.50. The van der Waals surface area contributed by atoms with E-state index >= 15 is 0 Å². The second-order valence-electron chi connectivity index (χ2n) is 7.83. The summed E-state index contributed by atoms with van der Waals surface area (Å²) in [7, 11) is 0. The van der Waals surface area contributed by atoms with Crippen molar-refractivity contribution in [3.63, 3.8) is 0 Å². The van der Waals surface area contributed by atoms with Gasteiger partial charge in [-0.05, 0) is 80.6 Å². The van der Waals surface area contributed by atoms with Gasteiger partial charge in [0.1, 0.15) is 0 Å². The minimum Gasteiger partial charge on any atom is -0.318 e. The number of fused-ring (bicyclic) bond motifs is 4. The SMILES string of the molecule is CC(=Cn1c2c(c3cc(C)ccc31)CC1CCCN1C2)c1ccncc1. The highest BCUT2D eigenvalue weighted by Crippen LogP contribution is 2.37. The first-order valence-electron chi connectivity index (χ1n) is 9.66. The highest BCUT2D eigenvalue weighted by molar-refractivity contribution is 5.90. The predicted octanol–water partition coefficient (Wildman–Crippen LogP) is 4.88. The third-order valence-corrected chi connectivity index (χ3v) is 6.13. The zero-order chi connectivity index (χ0) is 17.7. The third-order valence-electron chi connectivity index (χ3n) is 6.13. The number of hydrogen-bond acceptors (Lipinski definition) is 2. The molecule has 4 heterocycles. The van der Waals surface area contributed by atoms with Crippen LogP contribution in [0, 0.1) is 6.92 Å². The minimum absolute atomic E-state index is 0.743. The van der Waals surface area contributed by atoms with Crippen LogP contribution in [-0.2, 0) is 13.0 Å². The Balaban J connectivity index is 1.70.